The Balaban J connectivity index is 2.24. The molecule has 0 saturated heterocycles. The number of hydrogen-bond acceptors (Lipinski definition) is 5. The van der Waals surface area contributed by atoms with Crippen LogP contribution >= 0.6 is 11.9 Å². The Hall–Kier alpha value is -1.59. The van der Waals surface area contributed by atoms with Gasteiger partial charge in [0.15, 0.2) is 0 Å². The van der Waals surface area contributed by atoms with Crippen LogP contribution in [0.25, 0.3) is 11.3 Å². The summed E-state index contributed by atoms with van der Waals surface area (Å²) >= 11 is 1.62. The number of nitrogen functional groups attached to an aromatic ring is 1. The van der Waals surface area contributed by atoms with E-state index in [1.807, 2.05) is 19.1 Å². The maximum atomic E-state index is 5.69. The Bertz CT molecular complexity index is 569. The molecule has 0 aliphatic heterocycles. The van der Waals surface area contributed by atoms with E-state index in [4.69, 9.17) is 5.73 Å². The first-order valence-corrected chi connectivity index (χ1v) is 7.00. The number of aromatic nitrogens is 2. The number of aryl methyl sites for hydroxylation is 1. The lowest BCUT2D eigenvalue weighted by Crippen LogP contribution is -2.13. The van der Waals surface area contributed by atoms with Gasteiger partial charge in [-0.1, -0.05) is 12.1 Å². The van der Waals surface area contributed by atoms with E-state index in [2.05, 4.69) is 40.7 Å². The highest BCUT2D eigenvalue weighted by atomic mass is 32.2. The van der Waals surface area contributed by atoms with Gasteiger partial charge >= 0.3 is 0 Å². The molecule has 100 valence electrons. The average Bonchev–Trinajstić information content (AvgIpc) is 2.40. The van der Waals surface area contributed by atoms with Gasteiger partial charge in [0.2, 0.25) is 0 Å². The normalized spacial score (nSPS) is 10.9. The third-order valence-electron chi connectivity index (χ3n) is 2.53. The van der Waals surface area contributed by atoms with Gasteiger partial charge in [-0.25, -0.2) is 9.97 Å². The zero-order valence-corrected chi connectivity index (χ0v) is 12.2. The van der Waals surface area contributed by atoms with Gasteiger partial charge in [-0.3, -0.25) is 4.72 Å². The van der Waals surface area contributed by atoms with Crippen molar-refractivity contribution in [3.8, 4) is 11.3 Å². The van der Waals surface area contributed by atoms with E-state index in [0.29, 0.717) is 11.9 Å². The molecule has 0 fully saturated rings. The number of nitrogens with zero attached hydrogens (tertiary/aromatic N) is 2. The molecule has 0 radical (unpaired) electrons. The van der Waals surface area contributed by atoms with Crippen molar-refractivity contribution in [1.29, 1.82) is 0 Å². The van der Waals surface area contributed by atoms with Gasteiger partial charge in [0.25, 0.3) is 0 Å². The molecular formula is C14H18N4S. The number of rotatable bonds is 4. The molecule has 0 bridgehead atoms. The van der Waals surface area contributed by atoms with Crippen molar-refractivity contribution < 1.29 is 0 Å². The van der Waals surface area contributed by atoms with E-state index in [1.54, 1.807) is 18.1 Å². The number of anilines is 1. The van der Waals surface area contributed by atoms with Gasteiger partial charge in [-0.15, -0.1) is 0 Å². The summed E-state index contributed by atoms with van der Waals surface area (Å²) in [5.41, 5.74) is 8.34. The highest BCUT2D eigenvalue weighted by Crippen LogP contribution is 2.23. The molecule has 1 aromatic heterocycles. The van der Waals surface area contributed by atoms with E-state index in [9.17, 15) is 0 Å². The predicted octanol–water partition coefficient (Wildman–Crippen LogP) is 3.04. The minimum atomic E-state index is 0.437. The number of hydrogen-bond donors (Lipinski definition) is 2. The van der Waals surface area contributed by atoms with E-state index < -0.39 is 0 Å². The molecule has 1 heterocycles. The van der Waals surface area contributed by atoms with Gasteiger partial charge in [0, 0.05) is 16.5 Å². The van der Waals surface area contributed by atoms with Gasteiger partial charge < -0.3 is 5.73 Å². The predicted molar refractivity (Wildman–Crippen MR) is 80.7 cm³/mol. The van der Waals surface area contributed by atoms with E-state index in [1.165, 1.54) is 0 Å². The van der Waals surface area contributed by atoms with Crippen LogP contribution in [0.1, 0.15) is 19.5 Å². The fourth-order valence-corrected chi connectivity index (χ4v) is 2.24. The second-order valence-corrected chi connectivity index (χ2v) is 5.54. The molecule has 19 heavy (non-hydrogen) atoms. The molecule has 4 nitrogen and oxygen atoms in total. The molecule has 1 aromatic carbocycles. The molecule has 5 heteroatoms. The Morgan fingerprint density at radius 2 is 2.11 bits per heavy atom. The first-order valence-electron chi connectivity index (χ1n) is 6.18. The molecule has 2 aromatic rings. The van der Waals surface area contributed by atoms with Crippen LogP contribution in [0.2, 0.25) is 0 Å². The van der Waals surface area contributed by atoms with Crippen LogP contribution < -0.4 is 10.5 Å². The second kappa shape index (κ2) is 6.04. The highest BCUT2D eigenvalue weighted by molar-refractivity contribution is 7.97. The molecular weight excluding hydrogens is 256 g/mol. The lowest BCUT2D eigenvalue weighted by atomic mass is 10.1. The summed E-state index contributed by atoms with van der Waals surface area (Å²) < 4.78 is 3.32. The SMILES string of the molecule is Cc1nc(-c2cccc(SNC(C)C)c2)cnc1N. The van der Waals surface area contributed by atoms with Crippen molar-refractivity contribution in [3.63, 3.8) is 0 Å². The Morgan fingerprint density at radius 1 is 1.32 bits per heavy atom. The number of nitrogens with one attached hydrogen (secondary N) is 1. The van der Waals surface area contributed by atoms with Gasteiger partial charge in [-0.2, -0.15) is 0 Å². The third kappa shape index (κ3) is 3.68. The van der Waals surface area contributed by atoms with E-state index >= 15 is 0 Å². The first-order chi connectivity index (χ1) is 9.06. The van der Waals surface area contributed by atoms with Crippen LogP contribution in [0, 0.1) is 6.92 Å². The summed E-state index contributed by atoms with van der Waals surface area (Å²) in [6.45, 7) is 6.10. The van der Waals surface area contributed by atoms with Crippen molar-refractivity contribution in [3.05, 3.63) is 36.2 Å². The molecule has 0 atom stereocenters. The molecule has 0 spiro atoms. The van der Waals surface area contributed by atoms with Crippen molar-refractivity contribution in [2.75, 3.05) is 5.73 Å². The molecule has 0 amide bonds. The Kier molecular flexibility index (Phi) is 4.39. The summed E-state index contributed by atoms with van der Waals surface area (Å²) in [5.74, 6) is 0.482. The lowest BCUT2D eigenvalue weighted by Gasteiger charge is -2.09. The Morgan fingerprint density at radius 3 is 2.79 bits per heavy atom. The van der Waals surface area contributed by atoms with Crippen molar-refractivity contribution in [2.24, 2.45) is 0 Å². The first kappa shape index (κ1) is 13.8. The van der Waals surface area contributed by atoms with Crippen LogP contribution in [-0.2, 0) is 0 Å². The molecule has 2 rings (SSSR count). The zero-order chi connectivity index (χ0) is 13.8. The smallest absolute Gasteiger partial charge is 0.144 e. The fraction of sp³-hybridized carbons (Fsp3) is 0.286. The largest absolute Gasteiger partial charge is 0.382 e. The fourth-order valence-electron chi connectivity index (χ4n) is 1.53. The summed E-state index contributed by atoms with van der Waals surface area (Å²) in [4.78, 5) is 9.77. The summed E-state index contributed by atoms with van der Waals surface area (Å²) in [7, 11) is 0. The number of benzene rings is 1. The quantitative estimate of drug-likeness (QED) is 0.839. The highest BCUT2D eigenvalue weighted by Gasteiger charge is 2.04. The van der Waals surface area contributed by atoms with Gasteiger partial charge in [0.1, 0.15) is 5.82 Å². The molecule has 0 aliphatic rings. The average molecular weight is 274 g/mol. The van der Waals surface area contributed by atoms with Crippen molar-refractivity contribution in [2.45, 2.75) is 31.7 Å². The minimum Gasteiger partial charge on any atom is -0.382 e. The lowest BCUT2D eigenvalue weighted by molar-refractivity contribution is 0.771. The standard InChI is InChI=1S/C14H18N4S/c1-9(2)18-19-12-6-4-5-11(7-12)13-8-16-14(15)10(3)17-13/h4-9,18H,1-3H3,(H2,15,16). The topological polar surface area (TPSA) is 63.8 Å². The van der Waals surface area contributed by atoms with Gasteiger partial charge in [0.05, 0.1) is 17.6 Å². The van der Waals surface area contributed by atoms with Gasteiger partial charge in [-0.05, 0) is 44.9 Å². The molecule has 0 unspecified atom stereocenters. The summed E-state index contributed by atoms with van der Waals surface area (Å²) in [6, 6.07) is 8.65. The molecule has 0 saturated carbocycles. The third-order valence-corrected chi connectivity index (χ3v) is 3.61. The molecule has 0 aliphatic carbocycles. The van der Waals surface area contributed by atoms with E-state index in [-0.39, 0.29) is 0 Å². The van der Waals surface area contributed by atoms with Crippen LogP contribution in [0.4, 0.5) is 5.82 Å². The monoisotopic (exact) mass is 274 g/mol. The summed E-state index contributed by atoms with van der Waals surface area (Å²) in [5, 5.41) is 0. The maximum Gasteiger partial charge on any atom is 0.144 e. The van der Waals surface area contributed by atoms with Crippen LogP contribution in [0.3, 0.4) is 0 Å². The zero-order valence-electron chi connectivity index (χ0n) is 11.3. The van der Waals surface area contributed by atoms with Crippen LogP contribution in [-0.4, -0.2) is 16.0 Å². The second-order valence-electron chi connectivity index (χ2n) is 4.63. The molecule has 3 N–H and O–H groups in total. The van der Waals surface area contributed by atoms with Crippen molar-refractivity contribution >= 4 is 17.8 Å². The van der Waals surface area contributed by atoms with Crippen LogP contribution in [0.15, 0.2) is 35.4 Å². The summed E-state index contributed by atoms with van der Waals surface area (Å²) in [6.07, 6.45) is 1.71. The van der Waals surface area contributed by atoms with Crippen molar-refractivity contribution in [1.82, 2.24) is 14.7 Å². The van der Waals surface area contributed by atoms with Crippen LogP contribution in [0.5, 0.6) is 0 Å². The van der Waals surface area contributed by atoms with E-state index in [0.717, 1.165) is 21.8 Å². The maximum absolute atomic E-state index is 5.69. The Labute approximate surface area is 118 Å². The minimum absolute atomic E-state index is 0.437. The number of nitrogens with two attached hydrogens (primary N) is 1.